The predicted octanol–water partition coefficient (Wildman–Crippen LogP) is 12.7. The number of rotatable bonds is 4. The van der Waals surface area contributed by atoms with Crippen LogP contribution in [0.1, 0.15) is 15.1 Å². The summed E-state index contributed by atoms with van der Waals surface area (Å²) in [5, 5.41) is 4.21. The third kappa shape index (κ3) is 4.40. The van der Waals surface area contributed by atoms with E-state index in [0.29, 0.717) is 5.56 Å². The normalized spacial score (nSPS) is 14.9. The Hall–Kier alpha value is -6.21. The minimum Gasteiger partial charge on any atom is -0.278 e. The van der Waals surface area contributed by atoms with Crippen LogP contribution in [-0.4, -0.2) is 19.5 Å². The SMILES string of the molecule is [2H]c1c([2H])c([2H])c(-c2c([2H])c([2H])c([2H])c3sc4c([2H])c(-c5nc(-c6ccccc6)nc(-n6c7ccccc7c7c8c(ccc76)sc6ccccc68)n5)c([2H])c([2H])c4c23)c([2H])c1[2H]. The third-order valence-corrected chi connectivity index (χ3v) is 11.2. The van der Waals surface area contributed by atoms with E-state index < -0.39 is 54.4 Å². The Bertz CT molecular complexity index is 3760. The lowest BCUT2D eigenvalue weighted by Crippen LogP contribution is -2.06. The van der Waals surface area contributed by atoms with Gasteiger partial charge in [-0.25, -0.2) is 4.98 Å². The van der Waals surface area contributed by atoms with Gasteiger partial charge in [-0.3, -0.25) is 4.57 Å². The summed E-state index contributed by atoms with van der Waals surface area (Å²) in [5.74, 6) is 0.425. The van der Waals surface area contributed by atoms with Crippen LogP contribution in [0.5, 0.6) is 0 Å². The predicted molar refractivity (Wildman–Crippen MR) is 216 cm³/mol. The molecule has 4 nitrogen and oxygen atoms in total. The van der Waals surface area contributed by atoms with Gasteiger partial charge < -0.3 is 0 Å². The second-order valence-electron chi connectivity index (χ2n) is 11.9. The van der Waals surface area contributed by atoms with Gasteiger partial charge >= 0.3 is 0 Å². The zero-order valence-electron chi connectivity index (χ0n) is 37.3. The van der Waals surface area contributed by atoms with Crippen LogP contribution in [0.25, 0.3) is 102 Å². The summed E-state index contributed by atoms with van der Waals surface area (Å²) in [7, 11) is 0. The highest BCUT2D eigenvalue weighted by atomic mass is 32.1. The zero-order valence-corrected chi connectivity index (χ0v) is 27.9. The van der Waals surface area contributed by atoms with E-state index in [1.807, 2.05) is 71.3 Å². The monoisotopic (exact) mass is 697 g/mol. The number of nitrogens with zero attached hydrogens (tertiary/aromatic N) is 4. The molecule has 0 spiro atoms. The van der Waals surface area contributed by atoms with Gasteiger partial charge in [-0.15, -0.1) is 22.7 Å². The molecule has 238 valence electrons. The molecule has 0 atom stereocenters. The van der Waals surface area contributed by atoms with Gasteiger partial charge in [-0.1, -0.05) is 121 Å². The van der Waals surface area contributed by atoms with Gasteiger partial charge in [0.05, 0.1) is 26.1 Å². The number of aromatic nitrogens is 4. The van der Waals surface area contributed by atoms with E-state index in [0.717, 1.165) is 53.3 Å². The van der Waals surface area contributed by atoms with Crippen molar-refractivity contribution in [3.63, 3.8) is 0 Å². The molecule has 0 amide bonds. The summed E-state index contributed by atoms with van der Waals surface area (Å²) in [4.78, 5) is 14.9. The Morgan fingerprint density at radius 3 is 2.10 bits per heavy atom. The van der Waals surface area contributed by atoms with Crippen molar-refractivity contribution in [2.45, 2.75) is 0 Å². The fraction of sp³-hybridized carbons (Fsp3) is 0. The summed E-state index contributed by atoms with van der Waals surface area (Å²) in [6.45, 7) is 0. The fourth-order valence-electron chi connectivity index (χ4n) is 6.90. The van der Waals surface area contributed by atoms with Gasteiger partial charge in [0.1, 0.15) is 0 Å². The van der Waals surface area contributed by atoms with Crippen LogP contribution >= 0.6 is 22.7 Å². The van der Waals surface area contributed by atoms with Crippen LogP contribution in [0, 0.1) is 0 Å². The van der Waals surface area contributed by atoms with Gasteiger partial charge in [0, 0.05) is 62.2 Å². The molecule has 7 aromatic carbocycles. The van der Waals surface area contributed by atoms with E-state index in [1.54, 1.807) is 11.3 Å². The van der Waals surface area contributed by atoms with E-state index in [4.69, 9.17) is 25.9 Å². The summed E-state index contributed by atoms with van der Waals surface area (Å²) in [5.41, 5.74) is 1.60. The van der Waals surface area contributed by atoms with Gasteiger partial charge in [-0.2, -0.15) is 9.97 Å². The molecule has 0 saturated carbocycles. The quantitative estimate of drug-likeness (QED) is 0.184. The van der Waals surface area contributed by atoms with Gasteiger partial charge in [-0.05, 0) is 47.5 Å². The first-order valence-electron chi connectivity index (χ1n) is 21.6. The maximum atomic E-state index is 9.70. The van der Waals surface area contributed by atoms with Crippen LogP contribution in [0.15, 0.2) is 157 Å². The average molecular weight is 698 g/mol. The summed E-state index contributed by atoms with van der Waals surface area (Å²) in [6, 6.07) is 23.9. The maximum absolute atomic E-state index is 9.70. The Labute approximate surface area is 316 Å². The molecule has 6 heteroatoms. The van der Waals surface area contributed by atoms with Crippen molar-refractivity contribution >= 4 is 84.8 Å². The molecule has 0 saturated heterocycles. The van der Waals surface area contributed by atoms with Crippen molar-refractivity contribution in [1.29, 1.82) is 0 Å². The second-order valence-corrected chi connectivity index (χ2v) is 14.0. The van der Waals surface area contributed by atoms with Crippen LogP contribution in [-0.2, 0) is 0 Å². The van der Waals surface area contributed by atoms with Gasteiger partial charge in [0.25, 0.3) is 0 Å². The summed E-state index contributed by atoms with van der Waals surface area (Å²) >= 11 is 2.62. The third-order valence-electron chi connectivity index (χ3n) is 9.08. The highest BCUT2D eigenvalue weighted by Gasteiger charge is 2.21. The summed E-state index contributed by atoms with van der Waals surface area (Å²) < 4.78 is 102. The van der Waals surface area contributed by atoms with E-state index in [1.165, 1.54) is 0 Å². The number of hydrogen-bond acceptors (Lipinski definition) is 5. The highest BCUT2D eigenvalue weighted by molar-refractivity contribution is 7.26. The van der Waals surface area contributed by atoms with E-state index in [-0.39, 0.29) is 66.5 Å². The van der Waals surface area contributed by atoms with Crippen LogP contribution in [0.4, 0.5) is 0 Å². The van der Waals surface area contributed by atoms with E-state index in [2.05, 4.69) is 24.3 Å². The van der Waals surface area contributed by atoms with Crippen molar-refractivity contribution in [3.8, 4) is 39.9 Å². The first-order valence-corrected chi connectivity index (χ1v) is 17.7. The van der Waals surface area contributed by atoms with Crippen molar-refractivity contribution < 1.29 is 15.1 Å². The molecule has 11 rings (SSSR count). The number of thiophene rings is 2. The van der Waals surface area contributed by atoms with Crippen LogP contribution in [0.2, 0.25) is 0 Å². The zero-order chi connectivity index (χ0) is 43.0. The molecule has 4 aromatic heterocycles. The average Bonchev–Trinajstić information content (AvgIpc) is 3.98. The Morgan fingerprint density at radius 1 is 0.451 bits per heavy atom. The molecule has 0 radical (unpaired) electrons. The summed E-state index contributed by atoms with van der Waals surface area (Å²) in [6.07, 6.45) is 0. The minimum atomic E-state index is -0.651. The van der Waals surface area contributed by atoms with E-state index >= 15 is 0 Å². The standard InChI is InChI=1S/C45H26N4S2/c1-3-12-27(13-4-1)30-18-11-21-37-40(30)33-23-22-29(26-39(33)51-37)44-46-43(28-14-5-2-6-15-28)47-45(48-44)49-34-19-9-7-16-31(34)41-35(49)24-25-38-42(41)32-17-8-10-20-36(32)50-38/h1-26H/i1D,3D,4D,11D,12D,13D,18D,21D,22D,23D,26D. The molecule has 0 bridgehead atoms. The number of fused-ring (bicyclic) bond motifs is 10. The molecule has 0 aliphatic carbocycles. The Kier molecular flexibility index (Phi) is 4.34. The fourth-order valence-corrected chi connectivity index (χ4v) is 9.04. The Morgan fingerprint density at radius 2 is 1.22 bits per heavy atom. The van der Waals surface area contributed by atoms with Gasteiger partial charge in [0.15, 0.2) is 11.6 Å². The van der Waals surface area contributed by atoms with Crippen LogP contribution in [0.3, 0.4) is 0 Å². The molecule has 0 unspecified atom stereocenters. The first-order chi connectivity index (χ1) is 29.9. The van der Waals surface area contributed by atoms with Gasteiger partial charge in [0.2, 0.25) is 5.95 Å². The molecular weight excluding hydrogens is 661 g/mol. The first kappa shape index (κ1) is 19.8. The molecule has 0 fully saturated rings. The molecule has 0 aliphatic heterocycles. The molecule has 4 heterocycles. The maximum Gasteiger partial charge on any atom is 0.238 e. The smallest absolute Gasteiger partial charge is 0.238 e. The minimum absolute atomic E-state index is 0.00746. The van der Waals surface area contributed by atoms with Crippen molar-refractivity contribution in [2.75, 3.05) is 0 Å². The van der Waals surface area contributed by atoms with Crippen molar-refractivity contribution in [1.82, 2.24) is 19.5 Å². The molecule has 11 aromatic rings. The lowest BCUT2D eigenvalue weighted by Gasteiger charge is -2.11. The topological polar surface area (TPSA) is 43.6 Å². The van der Waals surface area contributed by atoms with Crippen molar-refractivity contribution in [2.24, 2.45) is 0 Å². The molecule has 51 heavy (non-hydrogen) atoms. The Balaban J connectivity index is 1.24. The lowest BCUT2D eigenvalue weighted by atomic mass is 9.99. The van der Waals surface area contributed by atoms with Crippen LogP contribution < -0.4 is 0 Å². The lowest BCUT2D eigenvalue weighted by molar-refractivity contribution is 0.954. The molecular formula is C45H26N4S2. The molecule has 0 N–H and O–H groups in total. The van der Waals surface area contributed by atoms with Crippen molar-refractivity contribution in [3.05, 3.63) is 157 Å². The van der Waals surface area contributed by atoms with E-state index in [9.17, 15) is 4.11 Å². The molecule has 0 aliphatic rings. The second kappa shape index (κ2) is 11.2. The number of benzene rings is 7. The highest BCUT2D eigenvalue weighted by Crippen LogP contribution is 2.44. The number of hydrogen-bond donors (Lipinski definition) is 0. The largest absolute Gasteiger partial charge is 0.278 e. The number of para-hydroxylation sites is 1.